The van der Waals surface area contributed by atoms with Crippen molar-refractivity contribution in [1.82, 2.24) is 25.2 Å². The molecule has 0 aliphatic heterocycles. The number of rotatable bonds is 4. The van der Waals surface area contributed by atoms with Crippen LogP contribution in [0, 0.1) is 0 Å². The maximum absolute atomic E-state index is 13.3. The molecule has 2 heterocycles. The van der Waals surface area contributed by atoms with Gasteiger partial charge in [-0.1, -0.05) is 42.8 Å². The van der Waals surface area contributed by atoms with Crippen molar-refractivity contribution in [3.63, 3.8) is 0 Å². The number of carbonyl (C=O) groups is 1. The van der Waals surface area contributed by atoms with Gasteiger partial charge in [0.25, 0.3) is 0 Å². The molecular formula is C23H21N5O2. The average molecular weight is 399 g/mol. The van der Waals surface area contributed by atoms with Gasteiger partial charge in [0, 0.05) is 11.1 Å². The average Bonchev–Trinajstić information content (AvgIpc) is 3.14. The number of para-hydroxylation sites is 2. The standard InChI is InChI=1S/C23H21N5O2/c29-23(30-15-21-25-26-27-28(21)16-9-3-1-4-10-16)22-17-11-5-2-6-13-19(17)24-20-14-8-7-12-18(20)22/h1,3-4,7-10,12,14H,2,5-6,11,13,15H2. The van der Waals surface area contributed by atoms with Crippen molar-refractivity contribution < 1.29 is 9.53 Å². The molecule has 0 atom stereocenters. The van der Waals surface area contributed by atoms with Crippen molar-refractivity contribution in [2.45, 2.75) is 38.7 Å². The summed E-state index contributed by atoms with van der Waals surface area (Å²) in [5.41, 5.74) is 4.33. The molecule has 1 aliphatic carbocycles. The lowest BCUT2D eigenvalue weighted by molar-refractivity contribution is 0.0460. The number of ether oxygens (including phenoxy) is 1. The molecule has 5 rings (SSSR count). The number of benzene rings is 2. The van der Waals surface area contributed by atoms with E-state index in [9.17, 15) is 4.79 Å². The highest BCUT2D eigenvalue weighted by atomic mass is 16.5. The quantitative estimate of drug-likeness (QED) is 0.383. The van der Waals surface area contributed by atoms with Gasteiger partial charge in [-0.2, -0.15) is 4.68 Å². The van der Waals surface area contributed by atoms with E-state index in [4.69, 9.17) is 9.72 Å². The minimum absolute atomic E-state index is 0.00779. The van der Waals surface area contributed by atoms with Gasteiger partial charge in [-0.25, -0.2) is 4.79 Å². The van der Waals surface area contributed by atoms with Gasteiger partial charge in [-0.05, 0) is 59.9 Å². The molecule has 2 aromatic heterocycles. The zero-order valence-electron chi connectivity index (χ0n) is 16.5. The first-order chi connectivity index (χ1) is 14.8. The summed E-state index contributed by atoms with van der Waals surface area (Å²) in [6.45, 7) is -0.00779. The molecule has 0 N–H and O–H groups in total. The molecule has 0 fully saturated rings. The molecule has 0 amide bonds. The third-order valence-corrected chi connectivity index (χ3v) is 5.49. The van der Waals surface area contributed by atoms with Crippen molar-refractivity contribution in [3.8, 4) is 5.69 Å². The molecule has 0 bridgehead atoms. The Morgan fingerprint density at radius 2 is 1.77 bits per heavy atom. The van der Waals surface area contributed by atoms with Crippen LogP contribution in [-0.2, 0) is 24.2 Å². The zero-order valence-corrected chi connectivity index (χ0v) is 16.5. The predicted octanol–water partition coefficient (Wildman–Crippen LogP) is 3.84. The topological polar surface area (TPSA) is 82.8 Å². The minimum Gasteiger partial charge on any atom is -0.454 e. The van der Waals surface area contributed by atoms with Crippen LogP contribution in [0.4, 0.5) is 0 Å². The Balaban J connectivity index is 1.48. The Labute approximate surface area is 173 Å². The number of fused-ring (bicyclic) bond motifs is 2. The number of pyridine rings is 1. The summed E-state index contributed by atoms with van der Waals surface area (Å²) in [5.74, 6) is 0.119. The summed E-state index contributed by atoms with van der Waals surface area (Å²) < 4.78 is 7.30. The van der Waals surface area contributed by atoms with E-state index in [0.717, 1.165) is 60.0 Å². The van der Waals surface area contributed by atoms with Crippen LogP contribution in [0.5, 0.6) is 0 Å². The molecule has 0 radical (unpaired) electrons. The lowest BCUT2D eigenvalue weighted by Gasteiger charge is -2.15. The molecule has 0 saturated heterocycles. The monoisotopic (exact) mass is 399 g/mol. The third kappa shape index (κ3) is 3.43. The van der Waals surface area contributed by atoms with E-state index in [1.807, 2.05) is 54.6 Å². The summed E-state index contributed by atoms with van der Waals surface area (Å²) in [7, 11) is 0. The number of esters is 1. The van der Waals surface area contributed by atoms with Crippen LogP contribution in [0.3, 0.4) is 0 Å². The van der Waals surface area contributed by atoms with Gasteiger partial charge >= 0.3 is 5.97 Å². The smallest absolute Gasteiger partial charge is 0.339 e. The normalized spacial score (nSPS) is 13.6. The van der Waals surface area contributed by atoms with Crippen molar-refractivity contribution in [2.75, 3.05) is 0 Å². The fraction of sp³-hybridized carbons (Fsp3) is 0.261. The number of aryl methyl sites for hydroxylation is 1. The first kappa shape index (κ1) is 18.4. The van der Waals surface area contributed by atoms with Crippen LogP contribution in [0.1, 0.15) is 46.7 Å². The van der Waals surface area contributed by atoms with E-state index in [0.29, 0.717) is 11.4 Å². The van der Waals surface area contributed by atoms with Crippen LogP contribution in [-0.4, -0.2) is 31.2 Å². The predicted molar refractivity (Wildman–Crippen MR) is 111 cm³/mol. The molecule has 0 saturated carbocycles. The van der Waals surface area contributed by atoms with Gasteiger partial charge in [0.05, 0.1) is 16.8 Å². The molecule has 150 valence electrons. The van der Waals surface area contributed by atoms with Crippen LogP contribution < -0.4 is 0 Å². The van der Waals surface area contributed by atoms with Crippen molar-refractivity contribution in [3.05, 3.63) is 77.2 Å². The van der Waals surface area contributed by atoms with E-state index in [2.05, 4.69) is 15.5 Å². The van der Waals surface area contributed by atoms with Gasteiger partial charge in [0.15, 0.2) is 12.4 Å². The molecule has 7 nitrogen and oxygen atoms in total. The summed E-state index contributed by atoms with van der Waals surface area (Å²) in [4.78, 5) is 18.1. The number of tetrazole rings is 1. The Morgan fingerprint density at radius 3 is 2.67 bits per heavy atom. The third-order valence-electron chi connectivity index (χ3n) is 5.49. The first-order valence-electron chi connectivity index (χ1n) is 10.2. The lowest BCUT2D eigenvalue weighted by Crippen LogP contribution is -2.14. The van der Waals surface area contributed by atoms with E-state index in [1.165, 1.54) is 0 Å². The molecule has 2 aromatic carbocycles. The number of carbonyl (C=O) groups excluding carboxylic acids is 1. The zero-order chi connectivity index (χ0) is 20.3. The lowest BCUT2D eigenvalue weighted by atomic mass is 9.97. The largest absolute Gasteiger partial charge is 0.454 e. The van der Waals surface area contributed by atoms with Crippen LogP contribution in [0.2, 0.25) is 0 Å². The number of nitrogens with zero attached hydrogens (tertiary/aromatic N) is 5. The van der Waals surface area contributed by atoms with Gasteiger partial charge in [-0.3, -0.25) is 4.98 Å². The Kier molecular flexibility index (Phi) is 4.93. The Bertz CT molecular complexity index is 1200. The minimum atomic E-state index is -0.352. The second-order valence-electron chi connectivity index (χ2n) is 7.41. The van der Waals surface area contributed by atoms with Crippen molar-refractivity contribution in [1.29, 1.82) is 0 Å². The van der Waals surface area contributed by atoms with Gasteiger partial charge in [0.1, 0.15) is 0 Å². The fourth-order valence-electron chi connectivity index (χ4n) is 4.05. The molecule has 4 aromatic rings. The fourth-order valence-corrected chi connectivity index (χ4v) is 4.05. The number of aromatic nitrogens is 5. The van der Waals surface area contributed by atoms with E-state index >= 15 is 0 Å². The molecule has 0 unspecified atom stereocenters. The summed E-state index contributed by atoms with van der Waals surface area (Å²) in [5, 5.41) is 12.6. The van der Waals surface area contributed by atoms with Gasteiger partial charge in [-0.15, -0.1) is 5.10 Å². The first-order valence-corrected chi connectivity index (χ1v) is 10.2. The molecular weight excluding hydrogens is 378 g/mol. The van der Waals surface area contributed by atoms with Crippen LogP contribution >= 0.6 is 0 Å². The second kappa shape index (κ2) is 8.02. The van der Waals surface area contributed by atoms with Crippen LogP contribution in [0.15, 0.2) is 54.6 Å². The molecule has 30 heavy (non-hydrogen) atoms. The molecule has 7 heteroatoms. The van der Waals surface area contributed by atoms with Gasteiger partial charge in [0.2, 0.25) is 0 Å². The van der Waals surface area contributed by atoms with E-state index in [1.54, 1.807) is 4.68 Å². The Hall–Kier alpha value is -3.61. The maximum atomic E-state index is 13.3. The van der Waals surface area contributed by atoms with Crippen molar-refractivity contribution >= 4 is 16.9 Å². The number of hydrogen-bond donors (Lipinski definition) is 0. The summed E-state index contributed by atoms with van der Waals surface area (Å²) >= 11 is 0. The number of hydrogen-bond acceptors (Lipinski definition) is 6. The van der Waals surface area contributed by atoms with Gasteiger partial charge < -0.3 is 4.74 Å². The Morgan fingerprint density at radius 1 is 0.967 bits per heavy atom. The SMILES string of the molecule is O=C(OCc1nnnn1-c1ccccc1)c1c2c(nc3ccccc13)CCCCC2. The summed E-state index contributed by atoms with van der Waals surface area (Å²) in [6, 6.07) is 17.3. The van der Waals surface area contributed by atoms with E-state index < -0.39 is 0 Å². The van der Waals surface area contributed by atoms with Crippen LogP contribution in [0.25, 0.3) is 16.6 Å². The summed E-state index contributed by atoms with van der Waals surface area (Å²) in [6.07, 6.45) is 5.04. The highest BCUT2D eigenvalue weighted by Crippen LogP contribution is 2.29. The maximum Gasteiger partial charge on any atom is 0.339 e. The second-order valence-corrected chi connectivity index (χ2v) is 7.41. The molecule has 1 aliphatic rings. The van der Waals surface area contributed by atoms with E-state index in [-0.39, 0.29) is 12.6 Å². The highest BCUT2D eigenvalue weighted by molar-refractivity contribution is 6.05. The van der Waals surface area contributed by atoms with Crippen molar-refractivity contribution in [2.24, 2.45) is 0 Å². The highest BCUT2D eigenvalue weighted by Gasteiger charge is 2.23. The molecule has 0 spiro atoms.